The van der Waals surface area contributed by atoms with Crippen molar-refractivity contribution in [3.8, 4) is 0 Å². The maximum atomic E-state index is 12.8. The van der Waals surface area contributed by atoms with Crippen molar-refractivity contribution < 1.29 is 9.13 Å². The Morgan fingerprint density at radius 3 is 3.06 bits per heavy atom. The summed E-state index contributed by atoms with van der Waals surface area (Å²) in [5.41, 5.74) is 0.899. The highest BCUT2D eigenvalue weighted by atomic mass is 19.1. The standard InChI is InChI=1S/C12H17FN2O/c1-2-11(15-10-5-6-16-8-10)12-4-3-9(13)7-14-12/h3-4,7,10-11,15H,2,5-6,8H2,1H3. The number of nitrogens with zero attached hydrogens (tertiary/aromatic N) is 1. The van der Waals surface area contributed by atoms with Crippen LogP contribution in [0, 0.1) is 5.82 Å². The smallest absolute Gasteiger partial charge is 0.141 e. The van der Waals surface area contributed by atoms with Gasteiger partial charge in [0.1, 0.15) is 5.82 Å². The number of halogens is 1. The van der Waals surface area contributed by atoms with Crippen LogP contribution in [0.2, 0.25) is 0 Å². The zero-order valence-electron chi connectivity index (χ0n) is 9.45. The third-order valence-corrected chi connectivity index (χ3v) is 2.88. The molecule has 1 aromatic rings. The molecule has 1 N–H and O–H groups in total. The molecule has 1 aromatic heterocycles. The third-order valence-electron chi connectivity index (χ3n) is 2.88. The number of hydrogen-bond acceptors (Lipinski definition) is 3. The van der Waals surface area contributed by atoms with Gasteiger partial charge in [0.15, 0.2) is 0 Å². The van der Waals surface area contributed by atoms with Gasteiger partial charge in [-0.2, -0.15) is 0 Å². The minimum absolute atomic E-state index is 0.187. The first-order chi connectivity index (χ1) is 7.79. The van der Waals surface area contributed by atoms with E-state index in [1.54, 1.807) is 6.07 Å². The molecule has 3 nitrogen and oxygen atoms in total. The van der Waals surface area contributed by atoms with Crippen LogP contribution in [0.25, 0.3) is 0 Å². The first-order valence-electron chi connectivity index (χ1n) is 5.75. The van der Waals surface area contributed by atoms with Crippen molar-refractivity contribution in [3.05, 3.63) is 29.8 Å². The number of hydrogen-bond donors (Lipinski definition) is 1. The van der Waals surface area contributed by atoms with Gasteiger partial charge in [0.2, 0.25) is 0 Å². The lowest BCUT2D eigenvalue weighted by molar-refractivity contribution is 0.187. The molecule has 1 aliphatic rings. The Kier molecular flexibility index (Phi) is 3.85. The largest absolute Gasteiger partial charge is 0.380 e. The van der Waals surface area contributed by atoms with E-state index in [1.165, 1.54) is 12.3 Å². The Bertz CT molecular complexity index is 322. The molecule has 2 heterocycles. The van der Waals surface area contributed by atoms with Crippen LogP contribution in [-0.2, 0) is 4.74 Å². The Morgan fingerprint density at radius 2 is 2.50 bits per heavy atom. The van der Waals surface area contributed by atoms with Gasteiger partial charge in [-0.05, 0) is 25.0 Å². The molecule has 4 heteroatoms. The number of aromatic nitrogens is 1. The average molecular weight is 224 g/mol. The van der Waals surface area contributed by atoms with Crippen molar-refractivity contribution in [1.82, 2.24) is 10.3 Å². The summed E-state index contributed by atoms with van der Waals surface area (Å²) in [4.78, 5) is 4.11. The highest BCUT2D eigenvalue weighted by molar-refractivity contribution is 5.10. The minimum Gasteiger partial charge on any atom is -0.380 e. The predicted octanol–water partition coefficient (Wildman–Crippen LogP) is 2.05. The molecule has 88 valence electrons. The molecule has 1 fully saturated rings. The van der Waals surface area contributed by atoms with Crippen LogP contribution in [0.3, 0.4) is 0 Å². The zero-order chi connectivity index (χ0) is 11.4. The van der Waals surface area contributed by atoms with Crippen molar-refractivity contribution in [2.75, 3.05) is 13.2 Å². The molecule has 2 rings (SSSR count). The van der Waals surface area contributed by atoms with E-state index in [0.717, 1.165) is 31.7 Å². The lowest BCUT2D eigenvalue weighted by Gasteiger charge is -2.20. The molecule has 0 aromatic carbocycles. The van der Waals surface area contributed by atoms with Crippen LogP contribution in [0.5, 0.6) is 0 Å². The second-order valence-corrected chi connectivity index (χ2v) is 4.09. The van der Waals surface area contributed by atoms with Crippen molar-refractivity contribution in [1.29, 1.82) is 0 Å². The number of nitrogens with one attached hydrogen (secondary N) is 1. The van der Waals surface area contributed by atoms with Crippen molar-refractivity contribution in [2.24, 2.45) is 0 Å². The fourth-order valence-electron chi connectivity index (χ4n) is 1.96. The van der Waals surface area contributed by atoms with Gasteiger partial charge in [-0.3, -0.25) is 4.98 Å². The van der Waals surface area contributed by atoms with Crippen LogP contribution in [0.4, 0.5) is 4.39 Å². The molecule has 1 saturated heterocycles. The quantitative estimate of drug-likeness (QED) is 0.850. The fourth-order valence-corrected chi connectivity index (χ4v) is 1.96. The van der Waals surface area contributed by atoms with Gasteiger partial charge in [-0.15, -0.1) is 0 Å². The minimum atomic E-state index is -0.289. The van der Waals surface area contributed by atoms with E-state index in [-0.39, 0.29) is 11.9 Å². The van der Waals surface area contributed by atoms with Crippen LogP contribution >= 0.6 is 0 Å². The van der Waals surface area contributed by atoms with E-state index in [1.807, 2.05) is 0 Å². The zero-order valence-corrected chi connectivity index (χ0v) is 9.45. The van der Waals surface area contributed by atoms with Crippen molar-refractivity contribution >= 4 is 0 Å². The van der Waals surface area contributed by atoms with Crippen LogP contribution in [0.1, 0.15) is 31.5 Å². The van der Waals surface area contributed by atoms with E-state index >= 15 is 0 Å². The number of ether oxygens (including phenoxy) is 1. The highest BCUT2D eigenvalue weighted by Gasteiger charge is 2.20. The molecule has 0 aliphatic carbocycles. The molecule has 16 heavy (non-hydrogen) atoms. The molecular formula is C12H17FN2O. The fraction of sp³-hybridized carbons (Fsp3) is 0.583. The molecule has 2 atom stereocenters. The Labute approximate surface area is 95.0 Å². The van der Waals surface area contributed by atoms with Gasteiger partial charge < -0.3 is 10.1 Å². The summed E-state index contributed by atoms with van der Waals surface area (Å²) in [6.07, 6.45) is 3.25. The molecule has 0 spiro atoms. The summed E-state index contributed by atoms with van der Waals surface area (Å²) in [7, 11) is 0. The van der Waals surface area contributed by atoms with E-state index in [0.29, 0.717) is 6.04 Å². The Balaban J connectivity index is 2.00. The topological polar surface area (TPSA) is 34.1 Å². The molecule has 0 amide bonds. The molecule has 0 radical (unpaired) electrons. The summed E-state index contributed by atoms with van der Waals surface area (Å²) in [5.74, 6) is -0.289. The van der Waals surface area contributed by atoms with E-state index in [2.05, 4.69) is 17.2 Å². The number of rotatable bonds is 4. The van der Waals surface area contributed by atoms with Gasteiger partial charge in [-0.25, -0.2) is 4.39 Å². The average Bonchev–Trinajstić information content (AvgIpc) is 2.80. The van der Waals surface area contributed by atoms with Crippen LogP contribution in [-0.4, -0.2) is 24.2 Å². The van der Waals surface area contributed by atoms with Gasteiger partial charge in [0.25, 0.3) is 0 Å². The summed E-state index contributed by atoms with van der Waals surface area (Å²) in [6.45, 7) is 3.68. The monoisotopic (exact) mass is 224 g/mol. The third kappa shape index (κ3) is 2.77. The molecule has 0 saturated carbocycles. The Hall–Kier alpha value is -1.00. The molecular weight excluding hydrogens is 207 g/mol. The maximum Gasteiger partial charge on any atom is 0.141 e. The molecule has 1 aliphatic heterocycles. The van der Waals surface area contributed by atoms with Crippen LogP contribution < -0.4 is 5.32 Å². The lowest BCUT2D eigenvalue weighted by Crippen LogP contribution is -2.33. The highest BCUT2D eigenvalue weighted by Crippen LogP contribution is 2.17. The second-order valence-electron chi connectivity index (χ2n) is 4.09. The number of pyridine rings is 1. The summed E-state index contributed by atoms with van der Waals surface area (Å²) in [5, 5.41) is 3.49. The molecule has 2 unspecified atom stereocenters. The SMILES string of the molecule is CCC(NC1CCOC1)c1ccc(F)cn1. The summed E-state index contributed by atoms with van der Waals surface area (Å²) >= 11 is 0. The maximum absolute atomic E-state index is 12.8. The van der Waals surface area contributed by atoms with E-state index in [4.69, 9.17) is 4.74 Å². The van der Waals surface area contributed by atoms with Crippen molar-refractivity contribution in [2.45, 2.75) is 31.8 Å². The van der Waals surface area contributed by atoms with Gasteiger partial charge in [0, 0.05) is 18.7 Å². The lowest BCUT2D eigenvalue weighted by atomic mass is 10.1. The van der Waals surface area contributed by atoms with Gasteiger partial charge in [0.05, 0.1) is 18.5 Å². The van der Waals surface area contributed by atoms with Gasteiger partial charge in [-0.1, -0.05) is 6.92 Å². The second kappa shape index (κ2) is 5.37. The predicted molar refractivity (Wildman–Crippen MR) is 59.6 cm³/mol. The van der Waals surface area contributed by atoms with Gasteiger partial charge >= 0.3 is 0 Å². The Morgan fingerprint density at radius 1 is 1.62 bits per heavy atom. The van der Waals surface area contributed by atoms with Crippen LogP contribution in [0.15, 0.2) is 18.3 Å². The normalized spacial score (nSPS) is 22.2. The van der Waals surface area contributed by atoms with E-state index < -0.39 is 0 Å². The van der Waals surface area contributed by atoms with E-state index in [9.17, 15) is 4.39 Å². The van der Waals surface area contributed by atoms with Crippen molar-refractivity contribution in [3.63, 3.8) is 0 Å². The first-order valence-corrected chi connectivity index (χ1v) is 5.75. The molecule has 0 bridgehead atoms. The summed E-state index contributed by atoms with van der Waals surface area (Å²) in [6, 6.07) is 3.79. The summed E-state index contributed by atoms with van der Waals surface area (Å²) < 4.78 is 18.1. The first kappa shape index (κ1) is 11.5.